The molecule has 0 fully saturated rings. The second-order valence-electron chi connectivity index (χ2n) is 3.62. The Morgan fingerprint density at radius 2 is 1.80 bits per heavy atom. The monoisotopic (exact) mass is 354 g/mol. The summed E-state index contributed by atoms with van der Waals surface area (Å²) in [6.45, 7) is 1.85. The number of alkyl halides is 2. The molecule has 0 radical (unpaired) electrons. The van der Waals surface area contributed by atoms with Crippen molar-refractivity contribution in [3.63, 3.8) is 0 Å². The van der Waals surface area contributed by atoms with Crippen LogP contribution >= 0.6 is 31.9 Å². The first-order valence-corrected chi connectivity index (χ1v) is 7.97. The Kier molecular flexibility index (Phi) is 4.38. The highest BCUT2D eigenvalue weighted by Crippen LogP contribution is 2.25. The van der Waals surface area contributed by atoms with Gasteiger partial charge in [0.25, 0.3) is 0 Å². The minimum absolute atomic E-state index is 0.0786. The van der Waals surface area contributed by atoms with E-state index in [1.807, 2.05) is 6.92 Å². The van der Waals surface area contributed by atoms with Crippen LogP contribution < -0.4 is 0 Å². The summed E-state index contributed by atoms with van der Waals surface area (Å²) in [6, 6.07) is 8.50. The quantitative estimate of drug-likeness (QED) is 0.778. The van der Waals surface area contributed by atoms with Crippen LogP contribution in [0.25, 0.3) is 0 Å². The van der Waals surface area contributed by atoms with E-state index in [2.05, 4.69) is 31.9 Å². The maximum Gasteiger partial charge on any atom is 0.179 e. The molecule has 0 saturated carbocycles. The van der Waals surface area contributed by atoms with Crippen molar-refractivity contribution in [2.45, 2.75) is 16.1 Å². The highest BCUT2D eigenvalue weighted by Gasteiger charge is 2.28. The van der Waals surface area contributed by atoms with Gasteiger partial charge in [-0.3, -0.25) is 0 Å². The molecule has 1 aromatic carbocycles. The fourth-order valence-electron chi connectivity index (χ4n) is 1.15. The van der Waals surface area contributed by atoms with E-state index in [4.69, 9.17) is 0 Å². The molecule has 5 heteroatoms. The van der Waals surface area contributed by atoms with E-state index in [1.165, 1.54) is 0 Å². The first kappa shape index (κ1) is 13.2. The summed E-state index contributed by atoms with van der Waals surface area (Å²) in [5.74, 6) is 0.0786. The summed E-state index contributed by atoms with van der Waals surface area (Å²) in [4.78, 5) is 0.372. The van der Waals surface area contributed by atoms with Crippen molar-refractivity contribution in [2.24, 2.45) is 0 Å². The largest absolute Gasteiger partial charge is 0.224 e. The molecule has 1 atom stereocenters. The third-order valence-corrected chi connectivity index (χ3v) is 6.80. The molecule has 0 aliphatic rings. The van der Waals surface area contributed by atoms with Crippen LogP contribution in [0.15, 0.2) is 35.2 Å². The summed E-state index contributed by atoms with van der Waals surface area (Å²) in [6.07, 6.45) is 0. The van der Waals surface area contributed by atoms with Crippen molar-refractivity contribution in [2.75, 3.05) is 11.1 Å². The number of halogens is 2. The predicted octanol–water partition coefficient (Wildman–Crippen LogP) is 3.01. The van der Waals surface area contributed by atoms with Crippen LogP contribution in [0.5, 0.6) is 0 Å². The molecule has 0 saturated heterocycles. The Hall–Kier alpha value is 0.130. The number of benzene rings is 1. The van der Waals surface area contributed by atoms with Gasteiger partial charge in [0.05, 0.1) is 10.6 Å². The van der Waals surface area contributed by atoms with Gasteiger partial charge < -0.3 is 0 Å². The third kappa shape index (κ3) is 3.89. The van der Waals surface area contributed by atoms with Gasteiger partial charge in [-0.2, -0.15) is 0 Å². The summed E-state index contributed by atoms with van der Waals surface area (Å²) < 4.78 is 23.5. The van der Waals surface area contributed by atoms with Gasteiger partial charge in [-0.15, -0.1) is 0 Å². The average Bonchev–Trinajstić information content (AvgIpc) is 2.18. The van der Waals surface area contributed by atoms with Gasteiger partial charge in [-0.05, 0) is 19.1 Å². The van der Waals surface area contributed by atoms with Gasteiger partial charge in [0.2, 0.25) is 0 Å². The summed E-state index contributed by atoms with van der Waals surface area (Å²) in [5.41, 5.74) is 0. The van der Waals surface area contributed by atoms with Gasteiger partial charge in [0.1, 0.15) is 0 Å². The van der Waals surface area contributed by atoms with Gasteiger partial charge in [0.15, 0.2) is 9.84 Å². The van der Waals surface area contributed by atoms with E-state index in [-0.39, 0.29) is 5.75 Å². The van der Waals surface area contributed by atoms with Gasteiger partial charge in [-0.25, -0.2) is 8.42 Å². The lowest BCUT2D eigenvalue weighted by molar-refractivity contribution is 0.590. The summed E-state index contributed by atoms with van der Waals surface area (Å²) >= 11 is 6.67. The molecule has 84 valence electrons. The highest BCUT2D eigenvalue weighted by molar-refractivity contribution is 9.12. The lowest BCUT2D eigenvalue weighted by Crippen LogP contribution is -2.29. The molecule has 1 unspecified atom stereocenters. The highest BCUT2D eigenvalue weighted by atomic mass is 79.9. The van der Waals surface area contributed by atoms with Gasteiger partial charge >= 0.3 is 0 Å². The first-order chi connectivity index (χ1) is 6.87. The zero-order valence-electron chi connectivity index (χ0n) is 8.28. The topological polar surface area (TPSA) is 34.1 Å². The zero-order valence-corrected chi connectivity index (χ0v) is 12.3. The van der Waals surface area contributed by atoms with Crippen molar-refractivity contribution >= 4 is 41.7 Å². The minimum atomic E-state index is -3.21. The molecule has 0 spiro atoms. The molecule has 0 heterocycles. The molecule has 15 heavy (non-hydrogen) atoms. The second kappa shape index (κ2) is 4.97. The van der Waals surface area contributed by atoms with Crippen molar-refractivity contribution < 1.29 is 8.42 Å². The Bertz CT molecular complexity index is 412. The van der Waals surface area contributed by atoms with Crippen molar-refractivity contribution in [3.8, 4) is 0 Å². The Morgan fingerprint density at radius 1 is 1.27 bits per heavy atom. The number of hydrogen-bond acceptors (Lipinski definition) is 2. The molecule has 0 aromatic heterocycles. The standard InChI is InChI=1S/C10H12Br2O2S/c1-10(12,7-11)8-15(13,14)9-5-3-2-4-6-9/h2-6H,7-8H2,1H3. The van der Waals surface area contributed by atoms with Gasteiger partial charge in [0, 0.05) is 9.65 Å². The van der Waals surface area contributed by atoms with E-state index >= 15 is 0 Å². The number of sulfone groups is 1. The smallest absolute Gasteiger partial charge is 0.179 e. The van der Waals surface area contributed by atoms with Crippen LogP contribution in [0.4, 0.5) is 0 Å². The molecular weight excluding hydrogens is 344 g/mol. The fourth-order valence-corrected chi connectivity index (χ4v) is 4.14. The predicted molar refractivity (Wildman–Crippen MR) is 69.6 cm³/mol. The molecule has 1 aromatic rings. The first-order valence-electron chi connectivity index (χ1n) is 4.40. The molecule has 0 bridgehead atoms. The molecule has 1 rings (SSSR count). The third-order valence-electron chi connectivity index (χ3n) is 1.87. The van der Waals surface area contributed by atoms with E-state index in [0.29, 0.717) is 10.2 Å². The molecular formula is C10H12Br2O2S. The lowest BCUT2D eigenvalue weighted by Gasteiger charge is -2.18. The SMILES string of the molecule is CC(Br)(CBr)CS(=O)(=O)c1ccccc1. The van der Waals surface area contributed by atoms with Crippen LogP contribution in [0.1, 0.15) is 6.92 Å². The average molecular weight is 356 g/mol. The Morgan fingerprint density at radius 3 is 2.27 bits per heavy atom. The Labute approximate surface area is 107 Å². The van der Waals surface area contributed by atoms with E-state index in [1.54, 1.807) is 30.3 Å². The van der Waals surface area contributed by atoms with Crippen molar-refractivity contribution in [1.82, 2.24) is 0 Å². The van der Waals surface area contributed by atoms with E-state index in [9.17, 15) is 8.42 Å². The van der Waals surface area contributed by atoms with Crippen LogP contribution in [0, 0.1) is 0 Å². The maximum atomic E-state index is 12.0. The number of rotatable bonds is 4. The van der Waals surface area contributed by atoms with Crippen LogP contribution in [0.2, 0.25) is 0 Å². The summed E-state index contributed by atoms with van der Waals surface area (Å²) in [7, 11) is -3.21. The van der Waals surface area contributed by atoms with Crippen molar-refractivity contribution in [1.29, 1.82) is 0 Å². The molecule has 0 N–H and O–H groups in total. The van der Waals surface area contributed by atoms with E-state index < -0.39 is 14.2 Å². The fraction of sp³-hybridized carbons (Fsp3) is 0.400. The van der Waals surface area contributed by atoms with Crippen LogP contribution in [-0.2, 0) is 9.84 Å². The maximum absolute atomic E-state index is 12.0. The van der Waals surface area contributed by atoms with Crippen molar-refractivity contribution in [3.05, 3.63) is 30.3 Å². The van der Waals surface area contributed by atoms with E-state index in [0.717, 1.165) is 0 Å². The normalized spacial score (nSPS) is 15.9. The minimum Gasteiger partial charge on any atom is -0.224 e. The van der Waals surface area contributed by atoms with Crippen LogP contribution in [-0.4, -0.2) is 23.8 Å². The zero-order chi connectivity index (χ0) is 11.5. The Balaban J connectivity index is 2.96. The lowest BCUT2D eigenvalue weighted by atomic mass is 10.3. The second-order valence-corrected chi connectivity index (χ2v) is 8.08. The molecule has 0 aliphatic heterocycles. The summed E-state index contributed by atoms with van der Waals surface area (Å²) in [5, 5.41) is 0.589. The molecule has 0 amide bonds. The van der Waals surface area contributed by atoms with Crippen LogP contribution in [0.3, 0.4) is 0 Å². The number of hydrogen-bond donors (Lipinski definition) is 0. The molecule has 0 aliphatic carbocycles. The van der Waals surface area contributed by atoms with Gasteiger partial charge in [-0.1, -0.05) is 50.1 Å². The molecule has 2 nitrogen and oxygen atoms in total.